The lowest BCUT2D eigenvalue weighted by Gasteiger charge is -2.17. The summed E-state index contributed by atoms with van der Waals surface area (Å²) in [5.74, 6) is 0.269. The molecule has 0 saturated carbocycles. The molecule has 0 bridgehead atoms. The summed E-state index contributed by atoms with van der Waals surface area (Å²) in [6.45, 7) is 5.09. The first kappa shape index (κ1) is 24.4. The molecule has 0 aliphatic carbocycles. The van der Waals surface area contributed by atoms with Gasteiger partial charge in [-0.15, -0.1) is 0 Å². The number of carbonyl (C=O) groups is 1. The summed E-state index contributed by atoms with van der Waals surface area (Å²) in [4.78, 5) is 11.3. The quantitative estimate of drug-likeness (QED) is 0.216. The van der Waals surface area contributed by atoms with Crippen molar-refractivity contribution >= 4 is 5.97 Å². The minimum absolute atomic E-state index is 0.00149. The van der Waals surface area contributed by atoms with E-state index in [1.807, 2.05) is 0 Å². The Morgan fingerprint density at radius 3 is 1.52 bits per heavy atom. The van der Waals surface area contributed by atoms with Gasteiger partial charge >= 0.3 is 5.97 Å². The van der Waals surface area contributed by atoms with Crippen molar-refractivity contribution in [3.8, 4) is 0 Å². The highest BCUT2D eigenvalue weighted by Crippen LogP contribution is 2.20. The molecule has 3 heteroatoms. The fourth-order valence-corrected chi connectivity index (χ4v) is 3.36. The number of rotatable bonds is 19. The molecular formula is C22H45NO2. The highest BCUT2D eigenvalue weighted by Gasteiger charge is 2.11. The Kier molecular flexibility index (Phi) is 19.3. The Balaban J connectivity index is 3.79. The van der Waals surface area contributed by atoms with E-state index in [1.54, 1.807) is 0 Å². The molecule has 2 N–H and O–H groups in total. The summed E-state index contributed by atoms with van der Waals surface area (Å²) in [5.41, 5.74) is 5.34. The average molecular weight is 356 g/mol. The van der Waals surface area contributed by atoms with Crippen LogP contribution in [0.15, 0.2) is 0 Å². The van der Waals surface area contributed by atoms with Crippen molar-refractivity contribution in [3.63, 3.8) is 0 Å². The zero-order chi connectivity index (χ0) is 18.6. The van der Waals surface area contributed by atoms with E-state index in [4.69, 9.17) is 10.5 Å². The summed E-state index contributed by atoms with van der Waals surface area (Å²) < 4.78 is 5.31. The van der Waals surface area contributed by atoms with Gasteiger partial charge in [-0.1, -0.05) is 104 Å². The number of ether oxygens (including phenoxy) is 1. The summed E-state index contributed by atoms with van der Waals surface area (Å²) in [7, 11) is 0. The predicted molar refractivity (Wildman–Crippen MR) is 109 cm³/mol. The van der Waals surface area contributed by atoms with Crippen LogP contribution in [0.25, 0.3) is 0 Å². The van der Waals surface area contributed by atoms with Gasteiger partial charge in [0.15, 0.2) is 0 Å². The minimum Gasteiger partial charge on any atom is -0.464 e. The van der Waals surface area contributed by atoms with Crippen LogP contribution in [0.1, 0.15) is 117 Å². The summed E-state index contributed by atoms with van der Waals surface area (Å²) >= 11 is 0. The van der Waals surface area contributed by atoms with Crippen molar-refractivity contribution < 1.29 is 9.53 Å². The van der Waals surface area contributed by atoms with Crippen molar-refractivity contribution in [3.05, 3.63) is 0 Å². The van der Waals surface area contributed by atoms with Crippen LogP contribution in [0.5, 0.6) is 0 Å². The number of carbonyl (C=O) groups excluding carboxylic acids is 1. The molecule has 0 saturated heterocycles. The zero-order valence-electron chi connectivity index (χ0n) is 17.2. The number of hydrogen-bond donors (Lipinski definition) is 1. The Morgan fingerprint density at radius 1 is 0.720 bits per heavy atom. The van der Waals surface area contributed by atoms with E-state index in [0.29, 0.717) is 12.5 Å². The van der Waals surface area contributed by atoms with E-state index in [2.05, 4.69) is 13.8 Å². The average Bonchev–Trinajstić information content (AvgIpc) is 2.63. The zero-order valence-corrected chi connectivity index (χ0v) is 17.2. The molecule has 0 heterocycles. The first-order valence-corrected chi connectivity index (χ1v) is 11.1. The molecule has 0 rings (SSSR count). The highest BCUT2D eigenvalue weighted by molar-refractivity contribution is 5.71. The van der Waals surface area contributed by atoms with Gasteiger partial charge in [0.1, 0.15) is 0 Å². The molecule has 0 aliphatic rings. The molecule has 0 aromatic carbocycles. The number of hydrogen-bond acceptors (Lipinski definition) is 3. The maximum Gasteiger partial charge on any atom is 0.319 e. The standard InChI is InChI=1S/C22H45NO2/c1-3-5-7-9-11-12-14-16-18-21(20-25-22(24)19-23)17-15-13-10-8-6-4-2/h21H,3-20,23H2,1-2H3. The van der Waals surface area contributed by atoms with E-state index < -0.39 is 0 Å². The second-order valence-electron chi connectivity index (χ2n) is 7.57. The molecular weight excluding hydrogens is 310 g/mol. The second kappa shape index (κ2) is 19.8. The molecule has 25 heavy (non-hydrogen) atoms. The smallest absolute Gasteiger partial charge is 0.319 e. The van der Waals surface area contributed by atoms with Gasteiger partial charge in [-0.2, -0.15) is 0 Å². The SMILES string of the molecule is CCCCCCCCCCC(CCCCCCCC)COC(=O)CN. The van der Waals surface area contributed by atoms with E-state index in [-0.39, 0.29) is 12.5 Å². The third-order valence-corrected chi connectivity index (χ3v) is 5.08. The van der Waals surface area contributed by atoms with Gasteiger partial charge in [-0.05, 0) is 18.8 Å². The van der Waals surface area contributed by atoms with Crippen LogP contribution in [0.4, 0.5) is 0 Å². The lowest BCUT2D eigenvalue weighted by Crippen LogP contribution is -2.21. The van der Waals surface area contributed by atoms with Gasteiger partial charge in [-0.3, -0.25) is 4.79 Å². The normalized spacial score (nSPS) is 12.3. The van der Waals surface area contributed by atoms with E-state index >= 15 is 0 Å². The molecule has 0 aromatic heterocycles. The monoisotopic (exact) mass is 355 g/mol. The van der Waals surface area contributed by atoms with Gasteiger partial charge in [0.05, 0.1) is 13.2 Å². The van der Waals surface area contributed by atoms with Crippen molar-refractivity contribution in [2.75, 3.05) is 13.2 Å². The minimum atomic E-state index is -0.260. The number of unbranched alkanes of at least 4 members (excludes halogenated alkanes) is 12. The van der Waals surface area contributed by atoms with Gasteiger partial charge in [0.25, 0.3) is 0 Å². The first-order valence-electron chi connectivity index (χ1n) is 11.1. The van der Waals surface area contributed by atoms with Crippen LogP contribution in [0.2, 0.25) is 0 Å². The molecule has 0 radical (unpaired) electrons. The van der Waals surface area contributed by atoms with E-state index in [0.717, 1.165) is 0 Å². The molecule has 0 aliphatic heterocycles. The summed E-state index contributed by atoms with van der Waals surface area (Å²) in [6.07, 6.45) is 21.2. The fraction of sp³-hybridized carbons (Fsp3) is 0.955. The largest absolute Gasteiger partial charge is 0.464 e. The molecule has 3 nitrogen and oxygen atoms in total. The number of nitrogens with two attached hydrogens (primary N) is 1. The lowest BCUT2D eigenvalue weighted by molar-refractivity contribution is -0.143. The Hall–Kier alpha value is -0.570. The topological polar surface area (TPSA) is 52.3 Å². The number of esters is 1. The van der Waals surface area contributed by atoms with Crippen LogP contribution in [0.3, 0.4) is 0 Å². The lowest BCUT2D eigenvalue weighted by atomic mass is 9.94. The molecule has 1 unspecified atom stereocenters. The van der Waals surface area contributed by atoms with Gasteiger partial charge < -0.3 is 10.5 Å². The Labute approximate surface area is 157 Å². The van der Waals surface area contributed by atoms with Crippen LogP contribution in [0, 0.1) is 5.92 Å². The molecule has 150 valence electrons. The third kappa shape index (κ3) is 18.0. The van der Waals surface area contributed by atoms with Gasteiger partial charge in [0.2, 0.25) is 0 Å². The molecule has 1 atom stereocenters. The first-order chi connectivity index (χ1) is 12.2. The van der Waals surface area contributed by atoms with Crippen LogP contribution < -0.4 is 5.73 Å². The maximum atomic E-state index is 11.3. The molecule has 0 fully saturated rings. The fourth-order valence-electron chi connectivity index (χ4n) is 3.36. The van der Waals surface area contributed by atoms with E-state index in [9.17, 15) is 4.79 Å². The van der Waals surface area contributed by atoms with Crippen LogP contribution in [-0.4, -0.2) is 19.1 Å². The highest BCUT2D eigenvalue weighted by atomic mass is 16.5. The summed E-state index contributed by atoms with van der Waals surface area (Å²) in [6, 6.07) is 0. The Morgan fingerprint density at radius 2 is 1.12 bits per heavy atom. The second-order valence-corrected chi connectivity index (χ2v) is 7.57. The van der Waals surface area contributed by atoms with Gasteiger partial charge in [-0.25, -0.2) is 0 Å². The Bertz CT molecular complexity index is 281. The van der Waals surface area contributed by atoms with Gasteiger partial charge in [0, 0.05) is 0 Å². The van der Waals surface area contributed by atoms with E-state index in [1.165, 1.54) is 103 Å². The molecule has 0 amide bonds. The van der Waals surface area contributed by atoms with Crippen LogP contribution >= 0.6 is 0 Å². The summed E-state index contributed by atoms with van der Waals surface area (Å²) in [5, 5.41) is 0. The maximum absolute atomic E-state index is 11.3. The van der Waals surface area contributed by atoms with Crippen LogP contribution in [-0.2, 0) is 9.53 Å². The molecule has 0 spiro atoms. The van der Waals surface area contributed by atoms with Crippen molar-refractivity contribution in [2.24, 2.45) is 11.7 Å². The third-order valence-electron chi connectivity index (χ3n) is 5.08. The molecule has 0 aromatic rings. The van der Waals surface area contributed by atoms with Crippen molar-refractivity contribution in [1.82, 2.24) is 0 Å². The van der Waals surface area contributed by atoms with Crippen molar-refractivity contribution in [1.29, 1.82) is 0 Å². The predicted octanol–water partition coefficient (Wildman–Crippen LogP) is 6.39. The van der Waals surface area contributed by atoms with Crippen molar-refractivity contribution in [2.45, 2.75) is 117 Å².